The number of benzene rings is 1. The quantitative estimate of drug-likeness (QED) is 0.884. The highest BCUT2D eigenvalue weighted by atomic mass is 16.2. The van der Waals surface area contributed by atoms with E-state index in [1.165, 1.54) is 0 Å². The summed E-state index contributed by atoms with van der Waals surface area (Å²) in [6.07, 6.45) is 2.41. The highest BCUT2D eigenvalue weighted by Crippen LogP contribution is 2.12. The smallest absolute Gasteiger partial charge is 0.267 e. The van der Waals surface area contributed by atoms with Gasteiger partial charge in [-0.3, -0.25) is 14.6 Å². The number of carbonyl (C=O) groups excluding carboxylic acids is 2. The van der Waals surface area contributed by atoms with Crippen molar-refractivity contribution in [2.45, 2.75) is 19.4 Å². The van der Waals surface area contributed by atoms with Crippen molar-refractivity contribution >= 4 is 28.4 Å². The van der Waals surface area contributed by atoms with E-state index in [0.29, 0.717) is 25.1 Å². The molecule has 1 aromatic heterocycles. The summed E-state index contributed by atoms with van der Waals surface area (Å²) in [5.41, 5.74) is 4.50. The van der Waals surface area contributed by atoms with Crippen molar-refractivity contribution in [3.8, 4) is 0 Å². The zero-order valence-electron chi connectivity index (χ0n) is 11.3. The van der Waals surface area contributed by atoms with Crippen LogP contribution in [-0.2, 0) is 16.1 Å². The van der Waals surface area contributed by atoms with Gasteiger partial charge in [-0.15, -0.1) is 0 Å². The molecule has 2 aromatic rings. The topological polar surface area (TPSA) is 83.5 Å². The summed E-state index contributed by atoms with van der Waals surface area (Å²) in [7, 11) is 0. The Morgan fingerprint density at radius 1 is 1.29 bits per heavy atom. The van der Waals surface area contributed by atoms with E-state index in [-0.39, 0.29) is 11.8 Å². The van der Waals surface area contributed by atoms with Gasteiger partial charge in [0.15, 0.2) is 0 Å². The first-order chi connectivity index (χ1) is 10.2. The molecule has 2 heterocycles. The number of hydrazone groups is 1. The molecule has 6 heteroatoms. The second-order valence-corrected chi connectivity index (χ2v) is 4.81. The SMILES string of the molecule is O=C1CCC(C(=O)NCc2cnc3ccccc3c2)=NN1. The number of para-hydroxylation sites is 1. The van der Waals surface area contributed by atoms with Gasteiger partial charge in [0.1, 0.15) is 5.71 Å². The van der Waals surface area contributed by atoms with Crippen LogP contribution in [0.5, 0.6) is 0 Å². The van der Waals surface area contributed by atoms with Crippen molar-refractivity contribution in [3.63, 3.8) is 0 Å². The maximum Gasteiger partial charge on any atom is 0.267 e. The molecule has 0 aliphatic carbocycles. The predicted molar refractivity (Wildman–Crippen MR) is 78.4 cm³/mol. The van der Waals surface area contributed by atoms with Crippen LogP contribution in [0.1, 0.15) is 18.4 Å². The van der Waals surface area contributed by atoms with Crippen LogP contribution < -0.4 is 10.7 Å². The summed E-state index contributed by atoms with van der Waals surface area (Å²) in [5, 5.41) is 7.58. The third kappa shape index (κ3) is 3.05. The van der Waals surface area contributed by atoms with Gasteiger partial charge in [0.25, 0.3) is 5.91 Å². The maximum atomic E-state index is 11.9. The molecule has 3 rings (SSSR count). The number of pyridine rings is 1. The lowest BCUT2D eigenvalue weighted by Gasteiger charge is -2.12. The molecule has 0 bridgehead atoms. The fraction of sp³-hybridized carbons (Fsp3) is 0.200. The van der Waals surface area contributed by atoms with Gasteiger partial charge in [0, 0.05) is 31.0 Å². The number of rotatable bonds is 3. The van der Waals surface area contributed by atoms with E-state index >= 15 is 0 Å². The summed E-state index contributed by atoms with van der Waals surface area (Å²) in [6.45, 7) is 0.379. The van der Waals surface area contributed by atoms with E-state index in [9.17, 15) is 9.59 Å². The van der Waals surface area contributed by atoms with Gasteiger partial charge in [-0.05, 0) is 17.7 Å². The van der Waals surface area contributed by atoms with Crippen molar-refractivity contribution < 1.29 is 9.59 Å². The van der Waals surface area contributed by atoms with E-state index in [1.54, 1.807) is 6.20 Å². The number of amides is 2. The number of hydrogen-bond acceptors (Lipinski definition) is 4. The Balaban J connectivity index is 1.66. The monoisotopic (exact) mass is 282 g/mol. The first kappa shape index (κ1) is 13.2. The normalized spacial score (nSPS) is 14.5. The van der Waals surface area contributed by atoms with E-state index in [2.05, 4.69) is 20.8 Å². The van der Waals surface area contributed by atoms with E-state index in [1.807, 2.05) is 30.3 Å². The van der Waals surface area contributed by atoms with Gasteiger partial charge < -0.3 is 5.32 Å². The first-order valence-corrected chi connectivity index (χ1v) is 6.69. The number of fused-ring (bicyclic) bond motifs is 1. The Morgan fingerprint density at radius 3 is 2.95 bits per heavy atom. The Labute approximate surface area is 121 Å². The molecule has 2 N–H and O–H groups in total. The minimum atomic E-state index is -0.261. The number of nitrogens with zero attached hydrogens (tertiary/aromatic N) is 2. The van der Waals surface area contributed by atoms with Crippen LogP contribution in [0.2, 0.25) is 0 Å². The summed E-state index contributed by atoms with van der Waals surface area (Å²) in [6, 6.07) is 9.80. The van der Waals surface area contributed by atoms with Gasteiger partial charge in [-0.25, -0.2) is 5.43 Å². The van der Waals surface area contributed by atoms with Crippen molar-refractivity contribution in [1.29, 1.82) is 0 Å². The van der Waals surface area contributed by atoms with Crippen molar-refractivity contribution in [2.75, 3.05) is 0 Å². The van der Waals surface area contributed by atoms with Gasteiger partial charge in [0.2, 0.25) is 5.91 Å². The highest BCUT2D eigenvalue weighted by molar-refractivity contribution is 6.39. The molecule has 0 spiro atoms. The van der Waals surface area contributed by atoms with Crippen LogP contribution in [-0.4, -0.2) is 22.5 Å². The lowest BCUT2D eigenvalue weighted by molar-refractivity contribution is -0.121. The van der Waals surface area contributed by atoms with E-state index in [4.69, 9.17) is 0 Å². The molecule has 0 atom stereocenters. The van der Waals surface area contributed by atoms with Gasteiger partial charge in [-0.1, -0.05) is 18.2 Å². The van der Waals surface area contributed by atoms with E-state index < -0.39 is 0 Å². The molecule has 1 aliphatic heterocycles. The summed E-state index contributed by atoms with van der Waals surface area (Å²) in [5.74, 6) is -0.423. The average molecular weight is 282 g/mol. The average Bonchev–Trinajstić information content (AvgIpc) is 2.53. The molecule has 0 unspecified atom stereocenters. The molecule has 1 aromatic carbocycles. The molecule has 21 heavy (non-hydrogen) atoms. The van der Waals surface area contributed by atoms with Crippen molar-refractivity contribution in [2.24, 2.45) is 5.10 Å². The molecule has 0 saturated heterocycles. The second-order valence-electron chi connectivity index (χ2n) is 4.81. The van der Waals surface area contributed by atoms with Crippen LogP contribution in [0.3, 0.4) is 0 Å². The third-order valence-electron chi connectivity index (χ3n) is 3.27. The van der Waals surface area contributed by atoms with E-state index in [0.717, 1.165) is 16.5 Å². The molecule has 2 amide bonds. The molecular formula is C15H14N4O2. The standard InChI is InChI=1S/C15H14N4O2/c20-14-6-5-13(18-19-14)15(21)17-9-10-7-11-3-1-2-4-12(11)16-8-10/h1-4,7-8H,5-6,9H2,(H,17,21)(H,19,20). The molecule has 0 fully saturated rings. The summed E-state index contributed by atoms with van der Waals surface area (Å²) >= 11 is 0. The van der Waals surface area contributed by atoms with Gasteiger partial charge in [0.05, 0.1) is 5.52 Å². The fourth-order valence-electron chi connectivity index (χ4n) is 2.14. The van der Waals surface area contributed by atoms with Crippen LogP contribution in [0.25, 0.3) is 10.9 Å². The van der Waals surface area contributed by atoms with Crippen LogP contribution in [0, 0.1) is 0 Å². The summed E-state index contributed by atoms with van der Waals surface area (Å²) in [4.78, 5) is 27.2. The molecule has 106 valence electrons. The predicted octanol–water partition coefficient (Wildman–Crippen LogP) is 1.12. The fourth-order valence-corrected chi connectivity index (χ4v) is 2.14. The number of hydrogen-bond donors (Lipinski definition) is 2. The van der Waals surface area contributed by atoms with Crippen LogP contribution in [0.15, 0.2) is 41.6 Å². The van der Waals surface area contributed by atoms with Crippen molar-refractivity contribution in [1.82, 2.24) is 15.7 Å². The first-order valence-electron chi connectivity index (χ1n) is 6.69. The Bertz CT molecular complexity index is 739. The molecule has 1 aliphatic rings. The molecule has 0 saturated carbocycles. The largest absolute Gasteiger partial charge is 0.347 e. The van der Waals surface area contributed by atoms with Crippen molar-refractivity contribution in [3.05, 3.63) is 42.1 Å². The highest BCUT2D eigenvalue weighted by Gasteiger charge is 2.17. The van der Waals surface area contributed by atoms with Gasteiger partial charge in [-0.2, -0.15) is 5.10 Å². The lowest BCUT2D eigenvalue weighted by Crippen LogP contribution is -2.36. The minimum absolute atomic E-state index is 0.162. The zero-order chi connectivity index (χ0) is 14.7. The third-order valence-corrected chi connectivity index (χ3v) is 3.27. The summed E-state index contributed by atoms with van der Waals surface area (Å²) < 4.78 is 0. The van der Waals surface area contributed by atoms with Crippen LogP contribution >= 0.6 is 0 Å². The Hall–Kier alpha value is -2.76. The number of nitrogens with one attached hydrogen (secondary N) is 2. The van der Waals surface area contributed by atoms with Crippen LogP contribution in [0.4, 0.5) is 0 Å². The Morgan fingerprint density at radius 2 is 2.14 bits per heavy atom. The maximum absolute atomic E-state index is 11.9. The zero-order valence-corrected chi connectivity index (χ0v) is 11.3. The molecule has 6 nitrogen and oxygen atoms in total. The number of aromatic nitrogens is 1. The van der Waals surface area contributed by atoms with Gasteiger partial charge >= 0.3 is 0 Å². The molecule has 0 radical (unpaired) electrons. The minimum Gasteiger partial charge on any atom is -0.347 e. The second kappa shape index (κ2) is 5.70. The lowest BCUT2D eigenvalue weighted by atomic mass is 10.1. The Kier molecular flexibility index (Phi) is 3.59. The number of carbonyl (C=O) groups is 2. The molecular weight excluding hydrogens is 268 g/mol.